The second kappa shape index (κ2) is 4.94. The number of nitrogens with two attached hydrogens (primary N) is 1. The molecule has 19 heavy (non-hydrogen) atoms. The molecule has 1 aromatic rings. The summed E-state index contributed by atoms with van der Waals surface area (Å²) in [6.45, 7) is -0.155. The Morgan fingerprint density at radius 2 is 2.11 bits per heavy atom. The number of carbonyl (C=O) groups is 3. The van der Waals surface area contributed by atoms with Crippen LogP contribution in [0.25, 0.3) is 0 Å². The molecule has 2 rings (SSSR count). The zero-order chi connectivity index (χ0) is 14.2. The number of carbonyl (C=O) groups excluding carboxylic acids is 3. The number of anilines is 1. The van der Waals surface area contributed by atoms with E-state index in [-0.39, 0.29) is 29.2 Å². The van der Waals surface area contributed by atoms with Crippen LogP contribution in [0.2, 0.25) is 5.02 Å². The van der Waals surface area contributed by atoms with Crippen LogP contribution in [0.15, 0.2) is 12.1 Å². The highest BCUT2D eigenvalue weighted by molar-refractivity contribution is 6.55. The molecule has 0 saturated carbocycles. The summed E-state index contributed by atoms with van der Waals surface area (Å²) in [4.78, 5) is 35.4. The minimum Gasteiger partial charge on any atom is -0.301 e. The van der Waals surface area contributed by atoms with Gasteiger partial charge in [0, 0.05) is 13.0 Å². The first-order chi connectivity index (χ1) is 8.97. The van der Waals surface area contributed by atoms with Crippen LogP contribution in [0.3, 0.4) is 0 Å². The van der Waals surface area contributed by atoms with Crippen molar-refractivity contribution in [1.82, 2.24) is 5.43 Å². The highest BCUT2D eigenvalue weighted by atomic mass is 35.5. The number of halogens is 2. The first-order valence-corrected chi connectivity index (χ1v) is 5.68. The van der Waals surface area contributed by atoms with Gasteiger partial charge in [-0.2, -0.15) is 0 Å². The van der Waals surface area contributed by atoms with Crippen LogP contribution in [0.5, 0.6) is 0 Å². The van der Waals surface area contributed by atoms with Gasteiger partial charge in [-0.3, -0.25) is 19.8 Å². The number of hydrogen-bond donors (Lipinski definition) is 2. The number of fused-ring (bicyclic) bond motifs is 1. The van der Waals surface area contributed by atoms with Crippen molar-refractivity contribution >= 4 is 34.9 Å². The number of amides is 2. The standard InChI is InChI=1S/C11H9ClFN3O3/c12-5-1-2-6(13)9-8(5)10(18)11(19)16(9)4-3-7(17)15-14/h1-2H,3-4,14H2,(H,15,17). The zero-order valence-corrected chi connectivity index (χ0v) is 10.3. The summed E-state index contributed by atoms with van der Waals surface area (Å²) in [5.74, 6) is 1.84. The van der Waals surface area contributed by atoms with Gasteiger partial charge in [0.25, 0.3) is 11.7 Å². The number of hydrogen-bond acceptors (Lipinski definition) is 4. The van der Waals surface area contributed by atoms with E-state index in [1.165, 1.54) is 6.07 Å². The number of rotatable bonds is 3. The van der Waals surface area contributed by atoms with Gasteiger partial charge in [0.2, 0.25) is 5.91 Å². The fraction of sp³-hybridized carbons (Fsp3) is 0.182. The number of nitrogens with zero attached hydrogens (tertiary/aromatic N) is 1. The summed E-state index contributed by atoms with van der Waals surface area (Å²) in [7, 11) is 0. The van der Waals surface area contributed by atoms with Gasteiger partial charge in [0.1, 0.15) is 5.82 Å². The third-order valence-electron chi connectivity index (χ3n) is 2.74. The van der Waals surface area contributed by atoms with Crippen molar-refractivity contribution in [3.05, 3.63) is 28.5 Å². The lowest BCUT2D eigenvalue weighted by molar-refractivity contribution is -0.121. The third kappa shape index (κ3) is 2.18. The first kappa shape index (κ1) is 13.4. The van der Waals surface area contributed by atoms with Crippen LogP contribution >= 0.6 is 11.6 Å². The van der Waals surface area contributed by atoms with Crippen LogP contribution < -0.4 is 16.2 Å². The van der Waals surface area contributed by atoms with E-state index in [9.17, 15) is 18.8 Å². The SMILES string of the molecule is NNC(=O)CCN1C(=O)C(=O)c2c(Cl)ccc(F)c21. The number of hydrazine groups is 1. The highest BCUT2D eigenvalue weighted by Gasteiger charge is 2.39. The lowest BCUT2D eigenvalue weighted by Gasteiger charge is -2.16. The fourth-order valence-electron chi connectivity index (χ4n) is 1.85. The molecule has 1 heterocycles. The van der Waals surface area contributed by atoms with E-state index in [2.05, 4.69) is 0 Å². The van der Waals surface area contributed by atoms with E-state index in [1.54, 1.807) is 0 Å². The van der Waals surface area contributed by atoms with E-state index in [1.807, 2.05) is 5.43 Å². The molecule has 0 bridgehead atoms. The molecule has 0 spiro atoms. The van der Waals surface area contributed by atoms with Crippen molar-refractivity contribution in [2.24, 2.45) is 5.84 Å². The Bertz CT molecular complexity index is 591. The molecule has 1 aliphatic rings. The first-order valence-electron chi connectivity index (χ1n) is 5.31. The monoisotopic (exact) mass is 285 g/mol. The number of ketones is 1. The highest BCUT2D eigenvalue weighted by Crippen LogP contribution is 2.36. The number of nitrogens with one attached hydrogen (secondary N) is 1. The van der Waals surface area contributed by atoms with Gasteiger partial charge < -0.3 is 4.90 Å². The maximum absolute atomic E-state index is 13.7. The number of benzene rings is 1. The molecule has 0 radical (unpaired) electrons. The molecule has 0 saturated heterocycles. The molecule has 3 N–H and O–H groups in total. The summed E-state index contributed by atoms with van der Waals surface area (Å²) >= 11 is 5.79. The second-order valence-electron chi connectivity index (χ2n) is 3.86. The molecule has 100 valence electrons. The Morgan fingerprint density at radius 3 is 2.74 bits per heavy atom. The van der Waals surface area contributed by atoms with Gasteiger partial charge in [-0.05, 0) is 12.1 Å². The van der Waals surface area contributed by atoms with E-state index < -0.39 is 23.4 Å². The van der Waals surface area contributed by atoms with Gasteiger partial charge >= 0.3 is 0 Å². The molecule has 0 unspecified atom stereocenters. The Kier molecular flexibility index (Phi) is 3.50. The molecule has 2 amide bonds. The van der Waals surface area contributed by atoms with Crippen molar-refractivity contribution in [3.8, 4) is 0 Å². The van der Waals surface area contributed by atoms with E-state index >= 15 is 0 Å². The van der Waals surface area contributed by atoms with E-state index in [0.717, 1.165) is 11.0 Å². The molecular weight excluding hydrogens is 277 g/mol. The van der Waals surface area contributed by atoms with Crippen molar-refractivity contribution in [2.75, 3.05) is 11.4 Å². The topological polar surface area (TPSA) is 92.5 Å². The molecule has 6 nitrogen and oxygen atoms in total. The minimum absolute atomic E-state index is 0.000487. The largest absolute Gasteiger partial charge is 0.301 e. The van der Waals surface area contributed by atoms with Gasteiger partial charge in [-0.25, -0.2) is 10.2 Å². The second-order valence-corrected chi connectivity index (χ2v) is 4.26. The minimum atomic E-state index is -0.910. The van der Waals surface area contributed by atoms with Crippen LogP contribution in [-0.2, 0) is 9.59 Å². The summed E-state index contributed by atoms with van der Waals surface area (Å²) in [5.41, 5.74) is 1.53. The molecule has 0 aliphatic carbocycles. The van der Waals surface area contributed by atoms with Crippen LogP contribution in [0.1, 0.15) is 16.8 Å². The van der Waals surface area contributed by atoms with E-state index in [4.69, 9.17) is 17.4 Å². The van der Waals surface area contributed by atoms with Crippen molar-refractivity contribution < 1.29 is 18.8 Å². The average Bonchev–Trinajstić information content (AvgIpc) is 2.65. The summed E-state index contributed by atoms with van der Waals surface area (Å²) < 4.78 is 13.7. The quantitative estimate of drug-likeness (QED) is 0.364. The lowest BCUT2D eigenvalue weighted by atomic mass is 10.1. The molecule has 1 aliphatic heterocycles. The molecular formula is C11H9ClFN3O3. The molecule has 8 heteroatoms. The average molecular weight is 286 g/mol. The third-order valence-corrected chi connectivity index (χ3v) is 3.05. The van der Waals surface area contributed by atoms with Crippen molar-refractivity contribution in [1.29, 1.82) is 0 Å². The normalized spacial score (nSPS) is 13.7. The molecule has 0 aromatic heterocycles. The van der Waals surface area contributed by atoms with Crippen LogP contribution in [-0.4, -0.2) is 24.1 Å². The summed E-state index contributed by atoms with van der Waals surface area (Å²) in [6.07, 6.45) is -0.152. The Balaban J connectivity index is 2.39. The Labute approximate surface area is 112 Å². The van der Waals surface area contributed by atoms with Gasteiger partial charge in [0.05, 0.1) is 16.3 Å². The maximum atomic E-state index is 13.7. The summed E-state index contributed by atoms with van der Waals surface area (Å²) in [5, 5.41) is 0.000487. The Morgan fingerprint density at radius 1 is 1.42 bits per heavy atom. The number of Topliss-reactive ketones (excluding diaryl/α,β-unsaturated/α-hetero) is 1. The molecule has 0 fully saturated rings. The maximum Gasteiger partial charge on any atom is 0.299 e. The predicted molar refractivity (Wildman–Crippen MR) is 65.0 cm³/mol. The summed E-state index contributed by atoms with van der Waals surface area (Å²) in [6, 6.07) is 2.26. The van der Waals surface area contributed by atoms with Crippen molar-refractivity contribution in [3.63, 3.8) is 0 Å². The van der Waals surface area contributed by atoms with Crippen LogP contribution in [0, 0.1) is 5.82 Å². The smallest absolute Gasteiger partial charge is 0.299 e. The van der Waals surface area contributed by atoms with Gasteiger partial charge in [-0.15, -0.1) is 0 Å². The lowest BCUT2D eigenvalue weighted by Crippen LogP contribution is -2.36. The fourth-order valence-corrected chi connectivity index (χ4v) is 2.09. The van der Waals surface area contributed by atoms with Gasteiger partial charge in [0.15, 0.2) is 0 Å². The molecule has 1 aromatic carbocycles. The van der Waals surface area contributed by atoms with E-state index in [0.29, 0.717) is 0 Å². The van der Waals surface area contributed by atoms with Crippen LogP contribution in [0.4, 0.5) is 10.1 Å². The zero-order valence-electron chi connectivity index (χ0n) is 9.57. The van der Waals surface area contributed by atoms with Gasteiger partial charge in [-0.1, -0.05) is 11.6 Å². The molecule has 0 atom stereocenters. The Hall–Kier alpha value is -1.99. The van der Waals surface area contributed by atoms with Crippen molar-refractivity contribution in [2.45, 2.75) is 6.42 Å². The predicted octanol–water partition coefficient (Wildman–Crippen LogP) is 0.388.